The Morgan fingerprint density at radius 3 is 2.64 bits per heavy atom. The molecule has 0 fully saturated rings. The first-order valence-electron chi connectivity index (χ1n) is 6.95. The molecule has 5 heteroatoms. The van der Waals surface area contributed by atoms with Crippen molar-refractivity contribution in [1.82, 2.24) is 10.2 Å². The number of nitrogens with one attached hydrogen (secondary N) is 1. The van der Waals surface area contributed by atoms with Crippen LogP contribution in [0.25, 0.3) is 0 Å². The van der Waals surface area contributed by atoms with E-state index in [-0.39, 0.29) is 0 Å². The average molecular weight is 379 g/mol. The van der Waals surface area contributed by atoms with Gasteiger partial charge in [-0.3, -0.25) is 0 Å². The molecule has 2 aromatic carbocycles. The smallest absolute Gasteiger partial charge is 0.169 e. The zero-order chi connectivity index (χ0) is 15.9. The van der Waals surface area contributed by atoms with Gasteiger partial charge in [-0.25, -0.2) is 0 Å². The molecule has 0 radical (unpaired) electrons. The molecule has 1 N–H and O–H groups in total. The van der Waals surface area contributed by atoms with Gasteiger partial charge in [0.2, 0.25) is 0 Å². The molecule has 0 heterocycles. The molecule has 0 amide bonds. The maximum absolute atomic E-state index is 5.45. The summed E-state index contributed by atoms with van der Waals surface area (Å²) in [6.07, 6.45) is 0. The second-order valence-corrected chi connectivity index (χ2v) is 6.26. The number of nitrogens with zero attached hydrogens (tertiary/aromatic N) is 1. The lowest BCUT2D eigenvalue weighted by molar-refractivity contribution is 0.397. The van der Waals surface area contributed by atoms with Crippen LogP contribution in [0.1, 0.15) is 11.1 Å². The van der Waals surface area contributed by atoms with E-state index in [1.165, 1.54) is 5.56 Å². The number of halogens is 1. The Balaban J connectivity index is 1.95. The number of ether oxygens (including phenoxy) is 1. The van der Waals surface area contributed by atoms with Gasteiger partial charge in [-0.15, -0.1) is 0 Å². The molecule has 0 aliphatic heterocycles. The summed E-state index contributed by atoms with van der Waals surface area (Å²) in [6.45, 7) is 1.41. The van der Waals surface area contributed by atoms with Crippen LogP contribution in [-0.2, 0) is 13.1 Å². The molecule has 0 atom stereocenters. The zero-order valence-corrected chi connectivity index (χ0v) is 15.1. The first-order chi connectivity index (χ1) is 10.6. The van der Waals surface area contributed by atoms with Gasteiger partial charge in [-0.2, -0.15) is 0 Å². The van der Waals surface area contributed by atoms with Crippen molar-refractivity contribution in [3.05, 3.63) is 64.1 Å². The zero-order valence-electron chi connectivity index (χ0n) is 12.7. The van der Waals surface area contributed by atoms with Gasteiger partial charge >= 0.3 is 0 Å². The lowest BCUT2D eigenvalue weighted by Gasteiger charge is -2.22. The van der Waals surface area contributed by atoms with E-state index in [4.69, 9.17) is 17.0 Å². The molecular formula is C17H19BrN2OS. The quantitative estimate of drug-likeness (QED) is 0.795. The summed E-state index contributed by atoms with van der Waals surface area (Å²) in [6, 6.07) is 16.2. The van der Waals surface area contributed by atoms with E-state index >= 15 is 0 Å². The van der Waals surface area contributed by atoms with E-state index in [1.807, 2.05) is 42.3 Å². The maximum atomic E-state index is 5.45. The number of rotatable bonds is 5. The van der Waals surface area contributed by atoms with Crippen LogP contribution in [-0.4, -0.2) is 24.2 Å². The van der Waals surface area contributed by atoms with Crippen molar-refractivity contribution < 1.29 is 4.74 Å². The van der Waals surface area contributed by atoms with E-state index in [0.29, 0.717) is 11.7 Å². The molecule has 116 valence electrons. The normalized spacial score (nSPS) is 10.1. The molecule has 2 aromatic rings. The summed E-state index contributed by atoms with van der Waals surface area (Å²) in [5, 5.41) is 3.99. The maximum Gasteiger partial charge on any atom is 0.169 e. The van der Waals surface area contributed by atoms with Crippen molar-refractivity contribution in [2.75, 3.05) is 14.2 Å². The summed E-state index contributed by atoms with van der Waals surface area (Å²) >= 11 is 8.94. The van der Waals surface area contributed by atoms with Crippen molar-refractivity contribution in [1.29, 1.82) is 0 Å². The molecule has 0 saturated heterocycles. The summed E-state index contributed by atoms with van der Waals surface area (Å²) < 4.78 is 6.43. The molecule has 2 rings (SSSR count). The second-order valence-electron chi connectivity index (χ2n) is 4.96. The van der Waals surface area contributed by atoms with Crippen LogP contribution in [0, 0.1) is 0 Å². The Bertz CT molecular complexity index is 634. The standard InChI is InChI=1S/C17H19BrN2OS/c1-20(12-14-10-15(18)8-9-16(14)21-2)17(22)19-11-13-6-4-3-5-7-13/h3-10H,11-12H2,1-2H3,(H,19,22). The first-order valence-corrected chi connectivity index (χ1v) is 8.15. The molecule has 0 aromatic heterocycles. The molecule has 22 heavy (non-hydrogen) atoms. The summed E-state index contributed by atoms with van der Waals surface area (Å²) in [7, 11) is 3.65. The van der Waals surface area contributed by atoms with Gasteiger partial charge in [0.1, 0.15) is 5.75 Å². The third-order valence-corrected chi connectivity index (χ3v) is 4.23. The minimum atomic E-state index is 0.684. The Morgan fingerprint density at radius 1 is 1.23 bits per heavy atom. The molecule has 0 saturated carbocycles. The molecule has 0 bridgehead atoms. The molecule has 0 unspecified atom stereocenters. The summed E-state index contributed by atoms with van der Waals surface area (Å²) in [4.78, 5) is 2.00. The van der Waals surface area contributed by atoms with Crippen molar-refractivity contribution in [3.8, 4) is 5.75 Å². The van der Waals surface area contributed by atoms with Crippen LogP contribution in [0.4, 0.5) is 0 Å². The van der Waals surface area contributed by atoms with E-state index in [9.17, 15) is 0 Å². The number of thiocarbonyl (C=S) groups is 1. The molecular weight excluding hydrogens is 360 g/mol. The lowest BCUT2D eigenvalue weighted by atomic mass is 10.2. The third kappa shape index (κ3) is 4.71. The first kappa shape index (κ1) is 16.8. The van der Waals surface area contributed by atoms with E-state index in [1.54, 1.807) is 7.11 Å². The average Bonchev–Trinajstić information content (AvgIpc) is 2.53. The van der Waals surface area contributed by atoms with Gasteiger partial charge in [0, 0.05) is 30.2 Å². The second kappa shape index (κ2) is 8.15. The highest BCUT2D eigenvalue weighted by molar-refractivity contribution is 9.10. The fourth-order valence-electron chi connectivity index (χ4n) is 2.11. The van der Waals surface area contributed by atoms with E-state index in [2.05, 4.69) is 39.4 Å². The molecule has 0 spiro atoms. The van der Waals surface area contributed by atoms with Gasteiger partial charge in [0.15, 0.2) is 5.11 Å². The Kier molecular flexibility index (Phi) is 6.21. The van der Waals surface area contributed by atoms with Gasteiger partial charge in [-0.05, 0) is 36.0 Å². The van der Waals surface area contributed by atoms with Gasteiger partial charge in [0.25, 0.3) is 0 Å². The van der Waals surface area contributed by atoms with Gasteiger partial charge in [0.05, 0.1) is 7.11 Å². The van der Waals surface area contributed by atoms with Gasteiger partial charge < -0.3 is 15.0 Å². The topological polar surface area (TPSA) is 24.5 Å². The van der Waals surface area contributed by atoms with Crippen molar-refractivity contribution >= 4 is 33.3 Å². The SMILES string of the molecule is COc1ccc(Br)cc1CN(C)C(=S)NCc1ccccc1. The Hall–Kier alpha value is -1.59. The minimum absolute atomic E-state index is 0.684. The monoisotopic (exact) mass is 378 g/mol. The highest BCUT2D eigenvalue weighted by Crippen LogP contribution is 2.24. The molecule has 0 aliphatic carbocycles. The summed E-state index contributed by atoms with van der Waals surface area (Å²) in [5.41, 5.74) is 2.29. The predicted octanol–water partition coefficient (Wildman–Crippen LogP) is 3.96. The van der Waals surface area contributed by atoms with Crippen LogP contribution < -0.4 is 10.1 Å². The lowest BCUT2D eigenvalue weighted by Crippen LogP contribution is -2.36. The highest BCUT2D eigenvalue weighted by atomic mass is 79.9. The van der Waals surface area contributed by atoms with Crippen LogP contribution in [0.5, 0.6) is 5.75 Å². The third-order valence-electron chi connectivity index (χ3n) is 3.28. The van der Waals surface area contributed by atoms with E-state index in [0.717, 1.165) is 22.3 Å². The van der Waals surface area contributed by atoms with Gasteiger partial charge in [-0.1, -0.05) is 46.3 Å². The van der Waals surface area contributed by atoms with E-state index < -0.39 is 0 Å². The Labute approximate surface area is 145 Å². The largest absolute Gasteiger partial charge is 0.496 e. The van der Waals surface area contributed by atoms with Crippen LogP contribution in [0.3, 0.4) is 0 Å². The van der Waals surface area contributed by atoms with Crippen molar-refractivity contribution in [2.24, 2.45) is 0 Å². The predicted molar refractivity (Wildman–Crippen MR) is 98.0 cm³/mol. The number of hydrogen-bond acceptors (Lipinski definition) is 2. The fraction of sp³-hybridized carbons (Fsp3) is 0.235. The highest BCUT2D eigenvalue weighted by Gasteiger charge is 2.09. The van der Waals surface area contributed by atoms with Crippen LogP contribution >= 0.6 is 28.1 Å². The minimum Gasteiger partial charge on any atom is -0.496 e. The summed E-state index contributed by atoms with van der Waals surface area (Å²) in [5.74, 6) is 0.862. The molecule has 0 aliphatic rings. The number of methoxy groups -OCH3 is 1. The van der Waals surface area contributed by atoms with Crippen LogP contribution in [0.15, 0.2) is 53.0 Å². The fourth-order valence-corrected chi connectivity index (χ4v) is 2.65. The Morgan fingerprint density at radius 2 is 1.95 bits per heavy atom. The van der Waals surface area contributed by atoms with Crippen molar-refractivity contribution in [3.63, 3.8) is 0 Å². The molecule has 3 nitrogen and oxygen atoms in total. The van der Waals surface area contributed by atoms with Crippen molar-refractivity contribution in [2.45, 2.75) is 13.1 Å². The number of benzene rings is 2. The van der Waals surface area contributed by atoms with Crippen LogP contribution in [0.2, 0.25) is 0 Å². The number of hydrogen-bond donors (Lipinski definition) is 1.